The summed E-state index contributed by atoms with van der Waals surface area (Å²) in [4.78, 5) is 19.3. The number of amides is 1. The van der Waals surface area contributed by atoms with Crippen molar-refractivity contribution in [3.63, 3.8) is 0 Å². The number of piperazine rings is 1. The lowest BCUT2D eigenvalue weighted by Gasteiger charge is -2.38. The summed E-state index contributed by atoms with van der Waals surface area (Å²) in [6, 6.07) is 12.2. The highest BCUT2D eigenvalue weighted by Gasteiger charge is 2.31. The van der Waals surface area contributed by atoms with Crippen LogP contribution in [0.15, 0.2) is 48.8 Å². The molecule has 1 amide bonds. The van der Waals surface area contributed by atoms with Crippen LogP contribution in [0.25, 0.3) is 0 Å². The zero-order valence-corrected chi connectivity index (χ0v) is 13.7. The SMILES string of the molecule is Cc1cccc(C(C)C(=O)N2CCNCC2c2cccnc2)c1. The minimum Gasteiger partial charge on any atom is -0.333 e. The molecule has 4 nitrogen and oxygen atoms in total. The van der Waals surface area contributed by atoms with E-state index in [0.29, 0.717) is 0 Å². The first-order valence-electron chi connectivity index (χ1n) is 8.14. The summed E-state index contributed by atoms with van der Waals surface area (Å²) < 4.78 is 0. The third-order valence-corrected chi connectivity index (χ3v) is 4.51. The molecule has 2 heterocycles. The van der Waals surface area contributed by atoms with Crippen molar-refractivity contribution >= 4 is 5.91 Å². The van der Waals surface area contributed by atoms with Gasteiger partial charge in [-0.05, 0) is 31.0 Å². The third-order valence-electron chi connectivity index (χ3n) is 4.51. The van der Waals surface area contributed by atoms with Gasteiger partial charge in [0.2, 0.25) is 5.91 Å². The van der Waals surface area contributed by atoms with E-state index in [1.165, 1.54) is 5.56 Å². The molecule has 0 bridgehead atoms. The third kappa shape index (κ3) is 3.42. The average molecular weight is 309 g/mol. The maximum atomic E-state index is 13.1. The van der Waals surface area contributed by atoms with Crippen LogP contribution in [-0.2, 0) is 4.79 Å². The van der Waals surface area contributed by atoms with Crippen LogP contribution in [0.2, 0.25) is 0 Å². The van der Waals surface area contributed by atoms with Gasteiger partial charge in [0.15, 0.2) is 0 Å². The zero-order chi connectivity index (χ0) is 16.2. The van der Waals surface area contributed by atoms with E-state index in [1.54, 1.807) is 6.20 Å². The quantitative estimate of drug-likeness (QED) is 0.948. The van der Waals surface area contributed by atoms with E-state index >= 15 is 0 Å². The van der Waals surface area contributed by atoms with Crippen molar-refractivity contribution in [1.82, 2.24) is 15.2 Å². The number of pyridine rings is 1. The summed E-state index contributed by atoms with van der Waals surface area (Å²) >= 11 is 0. The molecule has 1 N–H and O–H groups in total. The van der Waals surface area contributed by atoms with Gasteiger partial charge in [-0.3, -0.25) is 9.78 Å². The van der Waals surface area contributed by atoms with Crippen molar-refractivity contribution in [3.05, 3.63) is 65.5 Å². The van der Waals surface area contributed by atoms with Crippen LogP contribution in [0.5, 0.6) is 0 Å². The van der Waals surface area contributed by atoms with Crippen LogP contribution in [0.4, 0.5) is 0 Å². The molecule has 2 aromatic rings. The largest absolute Gasteiger partial charge is 0.333 e. The van der Waals surface area contributed by atoms with Gasteiger partial charge in [-0.1, -0.05) is 35.9 Å². The molecule has 0 aliphatic carbocycles. The highest BCUT2D eigenvalue weighted by Crippen LogP contribution is 2.27. The second-order valence-electron chi connectivity index (χ2n) is 6.17. The number of hydrogen-bond acceptors (Lipinski definition) is 3. The molecule has 3 rings (SSSR count). The molecule has 1 fully saturated rings. The summed E-state index contributed by atoms with van der Waals surface area (Å²) in [5.74, 6) is 0.0538. The molecule has 4 heteroatoms. The lowest BCUT2D eigenvalue weighted by atomic mass is 9.96. The summed E-state index contributed by atoms with van der Waals surface area (Å²) in [5.41, 5.74) is 3.36. The highest BCUT2D eigenvalue weighted by molar-refractivity contribution is 5.84. The van der Waals surface area contributed by atoms with Crippen molar-refractivity contribution in [1.29, 1.82) is 0 Å². The van der Waals surface area contributed by atoms with Crippen molar-refractivity contribution in [3.8, 4) is 0 Å². The van der Waals surface area contributed by atoms with E-state index in [4.69, 9.17) is 0 Å². The molecule has 0 spiro atoms. The number of hydrogen-bond donors (Lipinski definition) is 1. The number of carbonyl (C=O) groups excluding carboxylic acids is 1. The summed E-state index contributed by atoms with van der Waals surface area (Å²) in [6.45, 7) is 6.40. The number of rotatable bonds is 3. The van der Waals surface area contributed by atoms with Crippen molar-refractivity contribution in [2.75, 3.05) is 19.6 Å². The van der Waals surface area contributed by atoms with Gasteiger partial charge in [0.05, 0.1) is 12.0 Å². The molecule has 1 aromatic carbocycles. The summed E-state index contributed by atoms with van der Waals surface area (Å²) in [6.07, 6.45) is 3.62. The molecule has 1 aliphatic rings. The standard InChI is InChI=1S/C19H23N3O/c1-14-5-3-6-16(11-14)15(2)19(23)22-10-9-21-13-18(22)17-7-4-8-20-12-17/h3-8,11-12,15,18,21H,9-10,13H2,1-2H3. The van der Waals surface area contributed by atoms with Gasteiger partial charge >= 0.3 is 0 Å². The topological polar surface area (TPSA) is 45.2 Å². The Labute approximate surface area is 137 Å². The smallest absolute Gasteiger partial charge is 0.230 e. The van der Waals surface area contributed by atoms with Crippen LogP contribution in [-0.4, -0.2) is 35.4 Å². The zero-order valence-electron chi connectivity index (χ0n) is 13.7. The monoisotopic (exact) mass is 309 g/mol. The van der Waals surface area contributed by atoms with Crippen LogP contribution in [0.1, 0.15) is 35.6 Å². The fourth-order valence-corrected chi connectivity index (χ4v) is 3.17. The van der Waals surface area contributed by atoms with Gasteiger partial charge in [-0.15, -0.1) is 0 Å². The second-order valence-corrected chi connectivity index (χ2v) is 6.17. The van der Waals surface area contributed by atoms with E-state index in [2.05, 4.69) is 29.4 Å². The van der Waals surface area contributed by atoms with E-state index in [1.807, 2.05) is 42.3 Å². The van der Waals surface area contributed by atoms with Gasteiger partial charge in [-0.25, -0.2) is 0 Å². The fourth-order valence-electron chi connectivity index (χ4n) is 3.17. The Morgan fingerprint density at radius 1 is 1.35 bits per heavy atom. The van der Waals surface area contributed by atoms with E-state index < -0.39 is 0 Å². The molecule has 23 heavy (non-hydrogen) atoms. The Balaban J connectivity index is 1.84. The molecule has 1 aromatic heterocycles. The molecular formula is C19H23N3O. The van der Waals surface area contributed by atoms with Crippen LogP contribution in [0, 0.1) is 6.92 Å². The molecule has 0 radical (unpaired) electrons. The van der Waals surface area contributed by atoms with E-state index in [-0.39, 0.29) is 17.9 Å². The Bertz CT molecular complexity index is 671. The lowest BCUT2D eigenvalue weighted by molar-refractivity contribution is -0.135. The molecule has 120 valence electrons. The summed E-state index contributed by atoms with van der Waals surface area (Å²) in [7, 11) is 0. The maximum absolute atomic E-state index is 13.1. The van der Waals surface area contributed by atoms with Crippen LogP contribution >= 0.6 is 0 Å². The highest BCUT2D eigenvalue weighted by atomic mass is 16.2. The Morgan fingerprint density at radius 2 is 2.22 bits per heavy atom. The van der Waals surface area contributed by atoms with Gasteiger partial charge in [0.25, 0.3) is 0 Å². The molecule has 0 saturated carbocycles. The second kappa shape index (κ2) is 6.92. The normalized spacial score (nSPS) is 19.4. The van der Waals surface area contributed by atoms with Gasteiger partial charge in [-0.2, -0.15) is 0 Å². The number of aromatic nitrogens is 1. The minimum atomic E-state index is -0.132. The van der Waals surface area contributed by atoms with Gasteiger partial charge in [0.1, 0.15) is 0 Å². The van der Waals surface area contributed by atoms with Crippen molar-refractivity contribution < 1.29 is 4.79 Å². The Hall–Kier alpha value is -2.20. The number of benzene rings is 1. The van der Waals surface area contributed by atoms with Crippen LogP contribution in [0.3, 0.4) is 0 Å². The first kappa shape index (κ1) is 15.7. The molecule has 1 saturated heterocycles. The minimum absolute atomic E-state index is 0.0530. The maximum Gasteiger partial charge on any atom is 0.230 e. The molecule has 1 aliphatic heterocycles. The van der Waals surface area contributed by atoms with E-state index in [9.17, 15) is 4.79 Å². The number of aryl methyl sites for hydroxylation is 1. The summed E-state index contributed by atoms with van der Waals surface area (Å²) in [5, 5.41) is 3.38. The molecule has 2 unspecified atom stereocenters. The predicted octanol–water partition coefficient (Wildman–Crippen LogP) is 2.67. The Morgan fingerprint density at radius 3 is 2.96 bits per heavy atom. The Kier molecular flexibility index (Phi) is 4.72. The van der Waals surface area contributed by atoms with Crippen LogP contribution < -0.4 is 5.32 Å². The fraction of sp³-hybridized carbons (Fsp3) is 0.368. The number of nitrogens with one attached hydrogen (secondary N) is 1. The lowest BCUT2D eigenvalue weighted by Crippen LogP contribution is -2.49. The first-order valence-corrected chi connectivity index (χ1v) is 8.14. The van der Waals surface area contributed by atoms with E-state index in [0.717, 1.165) is 30.8 Å². The van der Waals surface area contributed by atoms with Gasteiger partial charge in [0, 0.05) is 32.0 Å². The van der Waals surface area contributed by atoms with Crippen molar-refractivity contribution in [2.24, 2.45) is 0 Å². The first-order chi connectivity index (χ1) is 11.2. The van der Waals surface area contributed by atoms with Crippen molar-refractivity contribution in [2.45, 2.75) is 25.8 Å². The van der Waals surface area contributed by atoms with Gasteiger partial charge < -0.3 is 10.2 Å². The molecular weight excluding hydrogens is 286 g/mol. The number of carbonyl (C=O) groups is 1. The number of nitrogens with zero attached hydrogens (tertiary/aromatic N) is 2. The molecule has 2 atom stereocenters. The predicted molar refractivity (Wildman–Crippen MR) is 91.2 cm³/mol. The average Bonchev–Trinajstić information content (AvgIpc) is 2.61.